The second-order valence-corrected chi connectivity index (χ2v) is 7.65. The Kier molecular flexibility index (Phi) is 8.02. The van der Waals surface area contributed by atoms with Gasteiger partial charge in [-0.05, 0) is 62.1 Å². The standard InChI is InChI=1S/C25H28N2O5/c1-18-7-5-6-16-27(18)24(29)17-32-25(30)21-8-3-4-9-22(21)26-23(28)15-12-19-10-13-20(31-2)14-11-19/h3-4,8-15,18H,5-7,16-17H2,1-2H3,(H,26,28)/b15-12+. The number of amides is 2. The van der Waals surface area contributed by atoms with Gasteiger partial charge in [-0.1, -0.05) is 24.3 Å². The maximum absolute atomic E-state index is 12.6. The van der Waals surface area contributed by atoms with E-state index in [4.69, 9.17) is 9.47 Å². The van der Waals surface area contributed by atoms with E-state index in [0.29, 0.717) is 12.2 Å². The van der Waals surface area contributed by atoms with E-state index in [9.17, 15) is 14.4 Å². The first-order valence-corrected chi connectivity index (χ1v) is 10.7. The number of hydrogen-bond donors (Lipinski definition) is 1. The molecule has 1 aliphatic rings. The summed E-state index contributed by atoms with van der Waals surface area (Å²) in [6.45, 7) is 2.37. The number of nitrogens with zero attached hydrogens (tertiary/aromatic N) is 1. The molecule has 1 unspecified atom stereocenters. The molecule has 1 N–H and O–H groups in total. The van der Waals surface area contributed by atoms with Crippen molar-refractivity contribution in [3.05, 3.63) is 65.7 Å². The van der Waals surface area contributed by atoms with Crippen molar-refractivity contribution in [2.45, 2.75) is 32.2 Å². The predicted octanol–water partition coefficient (Wildman–Crippen LogP) is 3.90. The number of hydrogen-bond acceptors (Lipinski definition) is 5. The lowest BCUT2D eigenvalue weighted by molar-refractivity contribution is -0.137. The molecular formula is C25H28N2O5. The third-order valence-electron chi connectivity index (χ3n) is 5.40. The summed E-state index contributed by atoms with van der Waals surface area (Å²) in [5.74, 6) is -0.515. The highest BCUT2D eigenvalue weighted by Gasteiger charge is 2.24. The van der Waals surface area contributed by atoms with Crippen molar-refractivity contribution in [2.75, 3.05) is 25.6 Å². The number of ether oxygens (including phenoxy) is 2. The van der Waals surface area contributed by atoms with Gasteiger partial charge < -0.3 is 19.7 Å². The maximum atomic E-state index is 12.6. The summed E-state index contributed by atoms with van der Waals surface area (Å²) in [7, 11) is 1.59. The molecule has 1 atom stereocenters. The minimum Gasteiger partial charge on any atom is -0.497 e. The number of nitrogens with one attached hydrogen (secondary N) is 1. The zero-order valence-electron chi connectivity index (χ0n) is 18.4. The van der Waals surface area contributed by atoms with E-state index in [-0.39, 0.29) is 30.0 Å². The van der Waals surface area contributed by atoms with Crippen molar-refractivity contribution in [2.24, 2.45) is 0 Å². The summed E-state index contributed by atoms with van der Waals surface area (Å²) in [6, 6.07) is 14.0. The Morgan fingerprint density at radius 2 is 1.84 bits per heavy atom. The van der Waals surface area contributed by atoms with Gasteiger partial charge >= 0.3 is 5.97 Å². The van der Waals surface area contributed by atoms with E-state index in [2.05, 4.69) is 5.32 Å². The van der Waals surface area contributed by atoms with Gasteiger partial charge in [-0.25, -0.2) is 4.79 Å². The van der Waals surface area contributed by atoms with Crippen molar-refractivity contribution in [1.29, 1.82) is 0 Å². The third-order valence-corrected chi connectivity index (χ3v) is 5.40. The van der Waals surface area contributed by atoms with E-state index < -0.39 is 5.97 Å². The molecule has 2 aromatic carbocycles. The molecule has 1 aliphatic heterocycles. The first-order chi connectivity index (χ1) is 15.5. The van der Waals surface area contributed by atoms with Gasteiger partial charge in [0.15, 0.2) is 6.61 Å². The molecule has 1 heterocycles. The summed E-state index contributed by atoms with van der Waals surface area (Å²) in [5.41, 5.74) is 1.35. The fraction of sp³-hybridized carbons (Fsp3) is 0.320. The lowest BCUT2D eigenvalue weighted by Gasteiger charge is -2.33. The van der Waals surface area contributed by atoms with E-state index in [1.165, 1.54) is 6.08 Å². The van der Waals surface area contributed by atoms with Crippen LogP contribution in [0.5, 0.6) is 5.75 Å². The Hall–Kier alpha value is -3.61. The number of piperidine rings is 1. The Balaban J connectivity index is 1.59. The van der Waals surface area contributed by atoms with E-state index in [1.807, 2.05) is 19.1 Å². The number of carbonyl (C=O) groups is 3. The lowest BCUT2D eigenvalue weighted by atomic mass is 10.0. The molecule has 2 amide bonds. The smallest absolute Gasteiger partial charge is 0.340 e. The normalized spacial score (nSPS) is 15.9. The van der Waals surface area contributed by atoms with Crippen molar-refractivity contribution in [3.63, 3.8) is 0 Å². The minimum absolute atomic E-state index is 0.152. The molecule has 7 heteroatoms. The van der Waals surface area contributed by atoms with Gasteiger partial charge in [-0.15, -0.1) is 0 Å². The summed E-state index contributed by atoms with van der Waals surface area (Å²) in [6.07, 6.45) is 6.06. The van der Waals surface area contributed by atoms with Crippen LogP contribution in [0.15, 0.2) is 54.6 Å². The van der Waals surface area contributed by atoms with Crippen LogP contribution in [0.4, 0.5) is 5.69 Å². The molecule has 0 radical (unpaired) electrons. The van der Waals surface area contributed by atoms with E-state index in [1.54, 1.807) is 54.5 Å². The average molecular weight is 437 g/mol. The molecule has 1 saturated heterocycles. The van der Waals surface area contributed by atoms with Crippen LogP contribution in [0.1, 0.15) is 42.1 Å². The average Bonchev–Trinajstić information content (AvgIpc) is 2.82. The predicted molar refractivity (Wildman–Crippen MR) is 122 cm³/mol. The van der Waals surface area contributed by atoms with Crippen molar-refractivity contribution in [1.82, 2.24) is 4.90 Å². The number of anilines is 1. The van der Waals surface area contributed by atoms with E-state index in [0.717, 1.165) is 30.6 Å². The van der Waals surface area contributed by atoms with E-state index >= 15 is 0 Å². The Bertz CT molecular complexity index is 984. The van der Waals surface area contributed by atoms with Gasteiger partial charge in [-0.3, -0.25) is 9.59 Å². The number of rotatable bonds is 7. The second-order valence-electron chi connectivity index (χ2n) is 7.65. The number of para-hydroxylation sites is 1. The summed E-state index contributed by atoms with van der Waals surface area (Å²) in [4.78, 5) is 39.1. The third kappa shape index (κ3) is 6.20. The monoisotopic (exact) mass is 436 g/mol. The molecular weight excluding hydrogens is 408 g/mol. The summed E-state index contributed by atoms with van der Waals surface area (Å²) < 4.78 is 10.4. The summed E-state index contributed by atoms with van der Waals surface area (Å²) >= 11 is 0. The molecule has 0 spiro atoms. The Morgan fingerprint density at radius 1 is 1.09 bits per heavy atom. The number of benzene rings is 2. The second kappa shape index (κ2) is 11.1. The van der Waals surface area contributed by atoms with Crippen LogP contribution in [0.2, 0.25) is 0 Å². The summed E-state index contributed by atoms with van der Waals surface area (Å²) in [5, 5.41) is 2.70. The molecule has 0 bridgehead atoms. The number of esters is 1. The number of likely N-dealkylation sites (tertiary alicyclic amines) is 1. The van der Waals surface area contributed by atoms with Gasteiger partial charge in [0, 0.05) is 18.7 Å². The molecule has 7 nitrogen and oxygen atoms in total. The molecule has 32 heavy (non-hydrogen) atoms. The van der Waals surface area contributed by atoms with Crippen LogP contribution in [0, 0.1) is 0 Å². The zero-order chi connectivity index (χ0) is 22.9. The van der Waals surface area contributed by atoms with Crippen LogP contribution in [-0.4, -0.2) is 49.0 Å². The Labute approximate surface area is 188 Å². The fourth-order valence-corrected chi connectivity index (χ4v) is 3.59. The molecule has 2 aromatic rings. The van der Waals surface area contributed by atoms with Gasteiger partial charge in [0.1, 0.15) is 5.75 Å². The van der Waals surface area contributed by atoms with Gasteiger partial charge in [0.05, 0.1) is 18.4 Å². The first kappa shape index (κ1) is 23.1. The lowest BCUT2D eigenvalue weighted by Crippen LogP contribution is -2.44. The van der Waals surface area contributed by atoms with Gasteiger partial charge in [0.2, 0.25) is 5.91 Å². The van der Waals surface area contributed by atoms with Crippen LogP contribution in [0.25, 0.3) is 6.08 Å². The quantitative estimate of drug-likeness (QED) is 0.526. The number of carbonyl (C=O) groups excluding carboxylic acids is 3. The van der Waals surface area contributed by atoms with Crippen LogP contribution >= 0.6 is 0 Å². The van der Waals surface area contributed by atoms with Gasteiger partial charge in [-0.2, -0.15) is 0 Å². The highest BCUT2D eigenvalue weighted by Crippen LogP contribution is 2.19. The molecule has 0 aliphatic carbocycles. The molecule has 168 valence electrons. The number of methoxy groups -OCH3 is 1. The highest BCUT2D eigenvalue weighted by molar-refractivity contribution is 6.06. The van der Waals surface area contributed by atoms with Crippen molar-refractivity contribution in [3.8, 4) is 5.75 Å². The largest absolute Gasteiger partial charge is 0.497 e. The van der Waals surface area contributed by atoms with Crippen molar-refractivity contribution >= 4 is 29.5 Å². The molecule has 3 rings (SSSR count). The van der Waals surface area contributed by atoms with Gasteiger partial charge in [0.25, 0.3) is 5.91 Å². The van der Waals surface area contributed by atoms with Crippen LogP contribution in [-0.2, 0) is 14.3 Å². The Morgan fingerprint density at radius 3 is 2.56 bits per heavy atom. The topological polar surface area (TPSA) is 84.9 Å². The fourth-order valence-electron chi connectivity index (χ4n) is 3.59. The minimum atomic E-state index is -0.655. The van der Waals surface area contributed by atoms with Crippen molar-refractivity contribution < 1.29 is 23.9 Å². The zero-order valence-corrected chi connectivity index (χ0v) is 18.4. The van der Waals surface area contributed by atoms with Crippen LogP contribution < -0.4 is 10.1 Å². The SMILES string of the molecule is COc1ccc(/C=C/C(=O)Nc2ccccc2C(=O)OCC(=O)N2CCCCC2C)cc1. The molecule has 0 saturated carbocycles. The molecule has 1 fully saturated rings. The molecule has 0 aromatic heterocycles. The maximum Gasteiger partial charge on any atom is 0.340 e. The van der Waals surface area contributed by atoms with Crippen LogP contribution in [0.3, 0.4) is 0 Å². The first-order valence-electron chi connectivity index (χ1n) is 10.7. The highest BCUT2D eigenvalue weighted by atomic mass is 16.5.